The fourth-order valence-electron chi connectivity index (χ4n) is 2.63. The Bertz CT molecular complexity index is 654. The smallest absolute Gasteiger partial charge is 0.165 e. The van der Waals surface area contributed by atoms with E-state index in [-0.39, 0.29) is 11.9 Å². The lowest BCUT2D eigenvalue weighted by Gasteiger charge is -2.10. The molecule has 0 fully saturated rings. The van der Waals surface area contributed by atoms with Crippen molar-refractivity contribution >= 4 is 0 Å². The van der Waals surface area contributed by atoms with Crippen molar-refractivity contribution in [1.29, 1.82) is 0 Å². The summed E-state index contributed by atoms with van der Waals surface area (Å²) in [7, 11) is 1.44. The van der Waals surface area contributed by atoms with Crippen LogP contribution in [0.15, 0.2) is 36.4 Å². The molecule has 0 radical (unpaired) electrons. The second-order valence-electron chi connectivity index (χ2n) is 5.17. The molecule has 1 atom stereocenters. The molecule has 0 amide bonds. The van der Waals surface area contributed by atoms with Gasteiger partial charge in [-0.05, 0) is 53.8 Å². The van der Waals surface area contributed by atoms with Gasteiger partial charge >= 0.3 is 0 Å². The molecule has 3 nitrogen and oxygen atoms in total. The SMILES string of the molecule is COc1ccc(COc2ccc3c(c2)CCC3O)cc1F. The lowest BCUT2D eigenvalue weighted by atomic mass is 10.1. The molecule has 3 rings (SSSR count). The highest BCUT2D eigenvalue weighted by molar-refractivity contribution is 5.40. The average molecular weight is 288 g/mol. The van der Waals surface area contributed by atoms with E-state index < -0.39 is 5.82 Å². The first-order valence-corrected chi connectivity index (χ1v) is 6.93. The van der Waals surface area contributed by atoms with Gasteiger partial charge in [-0.3, -0.25) is 0 Å². The predicted molar refractivity (Wildman–Crippen MR) is 77.0 cm³/mol. The van der Waals surface area contributed by atoms with Gasteiger partial charge in [0.1, 0.15) is 12.4 Å². The van der Waals surface area contributed by atoms with Crippen molar-refractivity contribution in [2.24, 2.45) is 0 Å². The van der Waals surface area contributed by atoms with Crippen LogP contribution in [-0.4, -0.2) is 12.2 Å². The number of hydrogen-bond acceptors (Lipinski definition) is 3. The number of ether oxygens (including phenoxy) is 2. The molecule has 1 aliphatic rings. The number of fused-ring (bicyclic) bond motifs is 1. The number of benzene rings is 2. The van der Waals surface area contributed by atoms with E-state index in [0.717, 1.165) is 35.3 Å². The molecule has 0 aliphatic heterocycles. The summed E-state index contributed by atoms with van der Waals surface area (Å²) in [5.41, 5.74) is 2.85. The van der Waals surface area contributed by atoms with Gasteiger partial charge in [0.2, 0.25) is 0 Å². The van der Waals surface area contributed by atoms with E-state index in [9.17, 15) is 9.50 Å². The number of halogens is 1. The Labute approximate surface area is 122 Å². The largest absolute Gasteiger partial charge is 0.494 e. The summed E-state index contributed by atoms with van der Waals surface area (Å²) in [4.78, 5) is 0. The predicted octanol–water partition coefficient (Wildman–Crippen LogP) is 3.39. The summed E-state index contributed by atoms with van der Waals surface area (Å²) in [6, 6.07) is 10.5. The maximum atomic E-state index is 13.6. The van der Waals surface area contributed by atoms with Crippen LogP contribution >= 0.6 is 0 Å². The Balaban J connectivity index is 1.69. The van der Waals surface area contributed by atoms with E-state index in [1.54, 1.807) is 12.1 Å². The van der Waals surface area contributed by atoms with E-state index in [0.29, 0.717) is 6.61 Å². The summed E-state index contributed by atoms with van der Waals surface area (Å²) >= 11 is 0. The number of rotatable bonds is 4. The van der Waals surface area contributed by atoms with Crippen molar-refractivity contribution < 1.29 is 19.0 Å². The van der Waals surface area contributed by atoms with Gasteiger partial charge in [-0.1, -0.05) is 12.1 Å². The first-order chi connectivity index (χ1) is 10.2. The molecule has 1 aliphatic carbocycles. The van der Waals surface area contributed by atoms with Crippen LogP contribution in [0.5, 0.6) is 11.5 Å². The molecular formula is C17H17FO3. The highest BCUT2D eigenvalue weighted by atomic mass is 19.1. The van der Waals surface area contributed by atoms with Crippen molar-refractivity contribution in [3.05, 3.63) is 58.9 Å². The number of aryl methyl sites for hydroxylation is 1. The van der Waals surface area contributed by atoms with Gasteiger partial charge in [0.15, 0.2) is 11.6 Å². The van der Waals surface area contributed by atoms with Gasteiger partial charge in [0.25, 0.3) is 0 Å². The number of aliphatic hydroxyl groups is 1. The van der Waals surface area contributed by atoms with E-state index in [1.165, 1.54) is 13.2 Å². The highest BCUT2D eigenvalue weighted by Crippen LogP contribution is 2.33. The molecule has 0 spiro atoms. The Kier molecular flexibility index (Phi) is 3.80. The zero-order valence-electron chi connectivity index (χ0n) is 11.8. The zero-order chi connectivity index (χ0) is 14.8. The molecule has 21 heavy (non-hydrogen) atoms. The fraction of sp³-hybridized carbons (Fsp3) is 0.294. The third-order valence-corrected chi connectivity index (χ3v) is 3.78. The van der Waals surface area contributed by atoms with E-state index >= 15 is 0 Å². The van der Waals surface area contributed by atoms with Crippen LogP contribution in [-0.2, 0) is 13.0 Å². The Morgan fingerprint density at radius 1 is 1.24 bits per heavy atom. The zero-order valence-corrected chi connectivity index (χ0v) is 11.8. The number of aliphatic hydroxyl groups excluding tert-OH is 1. The van der Waals surface area contributed by atoms with Gasteiger partial charge in [-0.2, -0.15) is 0 Å². The quantitative estimate of drug-likeness (QED) is 0.937. The van der Waals surface area contributed by atoms with Gasteiger partial charge in [-0.25, -0.2) is 4.39 Å². The van der Waals surface area contributed by atoms with Crippen LogP contribution in [0, 0.1) is 5.82 Å². The number of hydrogen-bond donors (Lipinski definition) is 1. The summed E-state index contributed by atoms with van der Waals surface area (Å²) in [6.07, 6.45) is 1.28. The third-order valence-electron chi connectivity index (χ3n) is 3.78. The summed E-state index contributed by atoms with van der Waals surface area (Å²) < 4.78 is 24.2. The van der Waals surface area contributed by atoms with Crippen molar-refractivity contribution in [3.63, 3.8) is 0 Å². The minimum Gasteiger partial charge on any atom is -0.494 e. The summed E-state index contributed by atoms with van der Waals surface area (Å²) in [5.74, 6) is 0.569. The first kappa shape index (κ1) is 13.9. The molecule has 4 heteroatoms. The van der Waals surface area contributed by atoms with E-state index in [4.69, 9.17) is 9.47 Å². The highest BCUT2D eigenvalue weighted by Gasteiger charge is 2.20. The minimum absolute atomic E-state index is 0.227. The third kappa shape index (κ3) is 2.85. The lowest BCUT2D eigenvalue weighted by molar-refractivity contribution is 0.180. The Hall–Kier alpha value is -2.07. The van der Waals surface area contributed by atoms with Crippen molar-refractivity contribution in [3.8, 4) is 11.5 Å². The maximum Gasteiger partial charge on any atom is 0.165 e. The maximum absolute atomic E-state index is 13.6. The molecule has 0 heterocycles. The second kappa shape index (κ2) is 5.74. The molecule has 0 saturated heterocycles. The standard InChI is InChI=1S/C17H17FO3/c1-20-17-7-2-11(8-15(17)18)10-21-13-4-5-14-12(9-13)3-6-16(14)19/h2,4-5,7-9,16,19H,3,6,10H2,1H3. The molecule has 0 aromatic heterocycles. The van der Waals surface area contributed by atoms with Crippen molar-refractivity contribution in [2.75, 3.05) is 7.11 Å². The van der Waals surface area contributed by atoms with E-state index in [1.807, 2.05) is 18.2 Å². The molecule has 2 aromatic carbocycles. The van der Waals surface area contributed by atoms with Gasteiger partial charge in [0, 0.05) is 0 Å². The average Bonchev–Trinajstić information content (AvgIpc) is 2.86. The van der Waals surface area contributed by atoms with Gasteiger partial charge < -0.3 is 14.6 Å². The molecule has 110 valence electrons. The lowest BCUT2D eigenvalue weighted by Crippen LogP contribution is -1.98. The van der Waals surface area contributed by atoms with Crippen LogP contribution < -0.4 is 9.47 Å². The van der Waals surface area contributed by atoms with Crippen molar-refractivity contribution in [2.45, 2.75) is 25.6 Å². The Morgan fingerprint density at radius 3 is 2.86 bits per heavy atom. The topological polar surface area (TPSA) is 38.7 Å². The van der Waals surface area contributed by atoms with Crippen LogP contribution in [0.25, 0.3) is 0 Å². The molecule has 0 bridgehead atoms. The summed E-state index contributed by atoms with van der Waals surface area (Å²) in [5, 5.41) is 9.77. The van der Waals surface area contributed by atoms with Crippen molar-refractivity contribution in [1.82, 2.24) is 0 Å². The Morgan fingerprint density at radius 2 is 2.10 bits per heavy atom. The normalized spacial score (nSPS) is 16.6. The van der Waals surface area contributed by atoms with Crippen LogP contribution in [0.4, 0.5) is 4.39 Å². The number of methoxy groups -OCH3 is 1. The van der Waals surface area contributed by atoms with Crippen LogP contribution in [0.2, 0.25) is 0 Å². The van der Waals surface area contributed by atoms with Gasteiger partial charge in [0.05, 0.1) is 13.2 Å². The molecule has 1 unspecified atom stereocenters. The van der Waals surface area contributed by atoms with E-state index in [2.05, 4.69) is 0 Å². The van der Waals surface area contributed by atoms with Crippen LogP contribution in [0.3, 0.4) is 0 Å². The fourth-order valence-corrected chi connectivity index (χ4v) is 2.63. The van der Waals surface area contributed by atoms with Gasteiger partial charge in [-0.15, -0.1) is 0 Å². The molecule has 1 N–H and O–H groups in total. The molecule has 0 saturated carbocycles. The molecule has 2 aromatic rings. The second-order valence-corrected chi connectivity index (χ2v) is 5.17. The first-order valence-electron chi connectivity index (χ1n) is 6.93. The minimum atomic E-state index is -0.393. The molecular weight excluding hydrogens is 271 g/mol. The monoisotopic (exact) mass is 288 g/mol. The van der Waals surface area contributed by atoms with Crippen LogP contribution in [0.1, 0.15) is 29.2 Å². The summed E-state index contributed by atoms with van der Waals surface area (Å²) in [6.45, 7) is 0.294.